The summed E-state index contributed by atoms with van der Waals surface area (Å²) >= 11 is 0. The Morgan fingerprint density at radius 2 is 1.97 bits per heavy atom. The van der Waals surface area contributed by atoms with Gasteiger partial charge in [-0.15, -0.1) is 0 Å². The van der Waals surface area contributed by atoms with Crippen molar-refractivity contribution in [2.24, 2.45) is 0 Å². The van der Waals surface area contributed by atoms with Crippen LogP contribution in [0.1, 0.15) is 50.3 Å². The molecular formula is C24H31FN4O3. The van der Waals surface area contributed by atoms with Crippen molar-refractivity contribution in [3.63, 3.8) is 0 Å². The summed E-state index contributed by atoms with van der Waals surface area (Å²) in [5.74, 6) is 0.176. The van der Waals surface area contributed by atoms with E-state index < -0.39 is 11.7 Å². The second-order valence-corrected chi connectivity index (χ2v) is 9.03. The Hall–Kier alpha value is -2.58. The van der Waals surface area contributed by atoms with Crippen molar-refractivity contribution in [2.45, 2.75) is 50.2 Å². The van der Waals surface area contributed by atoms with Gasteiger partial charge in [0, 0.05) is 32.4 Å². The summed E-state index contributed by atoms with van der Waals surface area (Å²) < 4.78 is 19.5. The van der Waals surface area contributed by atoms with Crippen LogP contribution in [0.5, 0.6) is 0 Å². The molecule has 172 valence electrons. The van der Waals surface area contributed by atoms with Gasteiger partial charge in [-0.1, -0.05) is 31.4 Å². The Morgan fingerprint density at radius 1 is 1.25 bits per heavy atom. The summed E-state index contributed by atoms with van der Waals surface area (Å²) in [6.07, 6.45) is 5.84. The number of aromatic nitrogens is 2. The number of nitrogens with zero attached hydrogens (tertiary/aromatic N) is 4. The van der Waals surface area contributed by atoms with E-state index in [0.717, 1.165) is 30.4 Å². The van der Waals surface area contributed by atoms with Crippen molar-refractivity contribution in [3.05, 3.63) is 42.0 Å². The molecule has 1 aromatic heterocycles. The van der Waals surface area contributed by atoms with Crippen molar-refractivity contribution in [1.82, 2.24) is 14.9 Å². The fourth-order valence-corrected chi connectivity index (χ4v) is 4.52. The van der Waals surface area contributed by atoms with E-state index in [2.05, 4.69) is 4.98 Å². The first-order valence-electron chi connectivity index (χ1n) is 11.3. The standard InChI is InChI=1S/C24H31FN4O3/c1-28(2)23-26-15-19(17-6-8-18(25)9-7-17)22(27-23)20-16-29(12-13-32-20)21(30)14-24(31)10-4-3-5-11-24/h6-9,15,20,31H,3-5,10-14,16H2,1-2H3/t20-/m1/s1. The molecule has 1 saturated carbocycles. The van der Waals surface area contributed by atoms with Gasteiger partial charge in [-0.05, 0) is 30.5 Å². The van der Waals surface area contributed by atoms with E-state index in [1.807, 2.05) is 19.0 Å². The third kappa shape index (κ3) is 5.07. The highest BCUT2D eigenvalue weighted by atomic mass is 19.1. The minimum atomic E-state index is -0.893. The number of morpholine rings is 1. The monoisotopic (exact) mass is 442 g/mol. The maximum absolute atomic E-state index is 13.5. The molecule has 2 heterocycles. The fraction of sp³-hybridized carbons (Fsp3) is 0.542. The van der Waals surface area contributed by atoms with Gasteiger partial charge < -0.3 is 19.6 Å². The molecule has 2 aromatic rings. The lowest BCUT2D eigenvalue weighted by Crippen LogP contribution is -2.46. The molecule has 1 N–H and O–H groups in total. The van der Waals surface area contributed by atoms with Gasteiger partial charge in [-0.25, -0.2) is 14.4 Å². The van der Waals surface area contributed by atoms with Crippen LogP contribution in [0.25, 0.3) is 11.1 Å². The number of amides is 1. The lowest BCUT2D eigenvalue weighted by atomic mass is 9.82. The second-order valence-electron chi connectivity index (χ2n) is 9.03. The second kappa shape index (κ2) is 9.50. The van der Waals surface area contributed by atoms with Gasteiger partial charge in [-0.2, -0.15) is 0 Å². The third-order valence-electron chi connectivity index (χ3n) is 6.35. The summed E-state index contributed by atoms with van der Waals surface area (Å²) in [5, 5.41) is 10.8. The molecule has 32 heavy (non-hydrogen) atoms. The maximum Gasteiger partial charge on any atom is 0.225 e. The number of carbonyl (C=O) groups is 1. The first-order valence-corrected chi connectivity index (χ1v) is 11.3. The van der Waals surface area contributed by atoms with Gasteiger partial charge in [-0.3, -0.25) is 4.79 Å². The number of rotatable bonds is 5. The molecule has 1 aromatic carbocycles. The average Bonchev–Trinajstić information content (AvgIpc) is 2.79. The number of benzene rings is 1. The predicted molar refractivity (Wildman–Crippen MR) is 120 cm³/mol. The summed E-state index contributed by atoms with van der Waals surface area (Å²) in [6.45, 7) is 1.23. The lowest BCUT2D eigenvalue weighted by molar-refractivity contribution is -0.145. The van der Waals surface area contributed by atoms with E-state index >= 15 is 0 Å². The van der Waals surface area contributed by atoms with Crippen molar-refractivity contribution in [2.75, 3.05) is 38.7 Å². The van der Waals surface area contributed by atoms with E-state index in [-0.39, 0.29) is 18.1 Å². The zero-order valence-electron chi connectivity index (χ0n) is 18.8. The molecule has 2 aliphatic rings. The summed E-state index contributed by atoms with van der Waals surface area (Å²) in [4.78, 5) is 25.8. The van der Waals surface area contributed by atoms with E-state index in [9.17, 15) is 14.3 Å². The molecule has 1 aliphatic carbocycles. The molecule has 0 bridgehead atoms. The van der Waals surface area contributed by atoms with Gasteiger partial charge in [0.15, 0.2) is 0 Å². The van der Waals surface area contributed by atoms with E-state index in [4.69, 9.17) is 9.72 Å². The molecule has 4 rings (SSSR count). The van der Waals surface area contributed by atoms with E-state index in [1.165, 1.54) is 12.1 Å². The third-order valence-corrected chi connectivity index (χ3v) is 6.35. The molecule has 0 unspecified atom stereocenters. The molecule has 7 nitrogen and oxygen atoms in total. The smallest absolute Gasteiger partial charge is 0.225 e. The van der Waals surface area contributed by atoms with Gasteiger partial charge >= 0.3 is 0 Å². The normalized spacial score (nSPS) is 20.8. The largest absolute Gasteiger partial charge is 0.389 e. The van der Waals surface area contributed by atoms with Crippen molar-refractivity contribution in [3.8, 4) is 11.1 Å². The fourth-order valence-electron chi connectivity index (χ4n) is 4.52. The molecule has 1 amide bonds. The lowest BCUT2D eigenvalue weighted by Gasteiger charge is -2.37. The molecule has 1 aliphatic heterocycles. The number of aliphatic hydroxyl groups is 1. The maximum atomic E-state index is 13.5. The number of anilines is 1. The quantitative estimate of drug-likeness (QED) is 0.765. The average molecular weight is 443 g/mol. The van der Waals surface area contributed by atoms with Crippen LogP contribution >= 0.6 is 0 Å². The van der Waals surface area contributed by atoms with Crippen LogP contribution in [0.2, 0.25) is 0 Å². The Labute approximate surface area is 188 Å². The Balaban J connectivity index is 1.58. The summed E-state index contributed by atoms with van der Waals surface area (Å²) in [6, 6.07) is 6.19. The van der Waals surface area contributed by atoms with Crippen molar-refractivity contribution in [1.29, 1.82) is 0 Å². The van der Waals surface area contributed by atoms with Gasteiger partial charge in [0.05, 0.1) is 30.9 Å². The summed E-state index contributed by atoms with van der Waals surface area (Å²) in [7, 11) is 3.72. The molecule has 0 spiro atoms. The van der Waals surface area contributed by atoms with E-state index in [0.29, 0.717) is 44.2 Å². The number of carbonyl (C=O) groups excluding carboxylic acids is 1. The number of halogens is 1. The molecule has 1 atom stereocenters. The van der Waals surface area contributed by atoms with Gasteiger partial charge in [0.25, 0.3) is 0 Å². The molecular weight excluding hydrogens is 411 g/mol. The van der Waals surface area contributed by atoms with Crippen LogP contribution in [-0.2, 0) is 9.53 Å². The van der Waals surface area contributed by atoms with Crippen LogP contribution in [-0.4, -0.2) is 65.3 Å². The molecule has 8 heteroatoms. The Morgan fingerprint density at radius 3 is 2.66 bits per heavy atom. The van der Waals surface area contributed by atoms with Crippen molar-refractivity contribution >= 4 is 11.9 Å². The molecule has 0 radical (unpaired) electrons. The zero-order valence-corrected chi connectivity index (χ0v) is 18.8. The van der Waals surface area contributed by atoms with E-state index in [1.54, 1.807) is 23.2 Å². The predicted octanol–water partition coefficient (Wildman–Crippen LogP) is 3.33. The first-order chi connectivity index (χ1) is 15.3. The van der Waals surface area contributed by atoms with Crippen molar-refractivity contribution < 1.29 is 19.0 Å². The number of hydrogen-bond acceptors (Lipinski definition) is 6. The molecule has 1 saturated heterocycles. The molecule has 2 fully saturated rings. The highest BCUT2D eigenvalue weighted by molar-refractivity contribution is 5.77. The first kappa shape index (κ1) is 22.6. The number of ether oxygens (including phenoxy) is 1. The van der Waals surface area contributed by atoms with Crippen LogP contribution in [0.3, 0.4) is 0 Å². The van der Waals surface area contributed by atoms with Crippen LogP contribution in [0, 0.1) is 5.82 Å². The summed E-state index contributed by atoms with van der Waals surface area (Å²) in [5.41, 5.74) is 1.32. The van der Waals surface area contributed by atoms with Gasteiger partial charge in [0.1, 0.15) is 11.9 Å². The minimum absolute atomic E-state index is 0.0482. The highest BCUT2D eigenvalue weighted by Gasteiger charge is 2.35. The highest BCUT2D eigenvalue weighted by Crippen LogP contribution is 2.34. The topological polar surface area (TPSA) is 78.8 Å². The Kier molecular flexibility index (Phi) is 6.71. The Bertz CT molecular complexity index is 945. The van der Waals surface area contributed by atoms with Crippen LogP contribution in [0.4, 0.5) is 10.3 Å². The number of hydrogen-bond donors (Lipinski definition) is 1. The SMILES string of the molecule is CN(C)c1ncc(-c2ccc(F)cc2)c([C@H]2CN(C(=O)CC3(O)CCCCC3)CCO2)n1. The zero-order chi connectivity index (χ0) is 22.7. The minimum Gasteiger partial charge on any atom is -0.389 e. The van der Waals surface area contributed by atoms with Crippen LogP contribution < -0.4 is 4.90 Å². The van der Waals surface area contributed by atoms with Gasteiger partial charge in [0.2, 0.25) is 11.9 Å². The van der Waals surface area contributed by atoms with Crippen LogP contribution in [0.15, 0.2) is 30.5 Å².